The maximum Gasteiger partial charge on any atom is 0.490 e. The normalized spacial score (nSPS) is 10.1. The number of anilines is 1. The largest absolute Gasteiger partial charge is 0.490 e. The van der Waals surface area contributed by atoms with Crippen molar-refractivity contribution >= 4 is 17.8 Å². The Balaban J connectivity index is 0.000000399. The Hall–Kier alpha value is -2.39. The van der Waals surface area contributed by atoms with Crippen LogP contribution in [0.4, 0.5) is 19.0 Å². The van der Waals surface area contributed by atoms with Crippen molar-refractivity contribution in [3.63, 3.8) is 0 Å². The minimum atomic E-state index is -5.08. The molecule has 19 heavy (non-hydrogen) atoms. The third kappa shape index (κ3) is 8.35. The number of esters is 1. The SMILES string of the molecule is CC(=O)OCc1cnc(N)cn1.O=C(O)C(F)(F)F. The van der Waals surface area contributed by atoms with Gasteiger partial charge in [-0.3, -0.25) is 9.78 Å². The number of ether oxygens (including phenoxy) is 1. The Labute approximate surface area is 105 Å². The molecular weight excluding hydrogens is 271 g/mol. The summed E-state index contributed by atoms with van der Waals surface area (Å²) in [5.41, 5.74) is 5.88. The van der Waals surface area contributed by atoms with E-state index in [1.54, 1.807) is 0 Å². The fourth-order valence-corrected chi connectivity index (χ4v) is 0.615. The van der Waals surface area contributed by atoms with Gasteiger partial charge in [-0.15, -0.1) is 0 Å². The first kappa shape index (κ1) is 16.6. The first-order valence-electron chi connectivity index (χ1n) is 4.62. The number of nitrogens with zero attached hydrogens (tertiary/aromatic N) is 2. The summed E-state index contributed by atoms with van der Waals surface area (Å²) < 4.78 is 36.4. The quantitative estimate of drug-likeness (QED) is 0.768. The van der Waals surface area contributed by atoms with Gasteiger partial charge in [0.05, 0.1) is 18.1 Å². The molecule has 0 amide bonds. The second-order valence-electron chi connectivity index (χ2n) is 3.02. The smallest absolute Gasteiger partial charge is 0.475 e. The van der Waals surface area contributed by atoms with Crippen molar-refractivity contribution in [2.75, 3.05) is 5.73 Å². The van der Waals surface area contributed by atoms with Crippen molar-refractivity contribution in [3.8, 4) is 0 Å². The molecule has 3 N–H and O–H groups in total. The fraction of sp³-hybridized carbons (Fsp3) is 0.333. The van der Waals surface area contributed by atoms with Crippen LogP contribution < -0.4 is 5.73 Å². The van der Waals surface area contributed by atoms with Crippen molar-refractivity contribution in [2.24, 2.45) is 0 Å². The number of alkyl halides is 3. The molecule has 106 valence electrons. The summed E-state index contributed by atoms with van der Waals surface area (Å²) in [5, 5.41) is 7.12. The predicted octanol–water partition coefficient (Wildman–Crippen LogP) is 0.755. The summed E-state index contributed by atoms with van der Waals surface area (Å²) in [6, 6.07) is 0. The lowest BCUT2D eigenvalue weighted by molar-refractivity contribution is -0.192. The minimum absolute atomic E-state index is 0.141. The highest BCUT2D eigenvalue weighted by atomic mass is 19.4. The van der Waals surface area contributed by atoms with Gasteiger partial charge in [0.1, 0.15) is 12.4 Å². The van der Waals surface area contributed by atoms with Gasteiger partial charge < -0.3 is 15.6 Å². The molecule has 0 bridgehead atoms. The van der Waals surface area contributed by atoms with Crippen molar-refractivity contribution in [2.45, 2.75) is 19.7 Å². The highest BCUT2D eigenvalue weighted by Gasteiger charge is 2.38. The van der Waals surface area contributed by atoms with Crippen LogP contribution in [0.2, 0.25) is 0 Å². The van der Waals surface area contributed by atoms with E-state index >= 15 is 0 Å². The number of aromatic nitrogens is 2. The monoisotopic (exact) mass is 281 g/mol. The number of aliphatic carboxylic acids is 1. The fourth-order valence-electron chi connectivity index (χ4n) is 0.615. The van der Waals surface area contributed by atoms with Gasteiger partial charge in [-0.2, -0.15) is 13.2 Å². The van der Waals surface area contributed by atoms with Crippen molar-refractivity contribution < 1.29 is 32.6 Å². The molecule has 0 saturated carbocycles. The second-order valence-corrected chi connectivity index (χ2v) is 3.02. The van der Waals surface area contributed by atoms with Crippen LogP contribution in [0.1, 0.15) is 12.6 Å². The zero-order valence-corrected chi connectivity index (χ0v) is 9.64. The molecule has 0 aliphatic carbocycles. The molecule has 0 aliphatic rings. The molecule has 0 aliphatic heterocycles. The summed E-state index contributed by atoms with van der Waals surface area (Å²) in [6.07, 6.45) is -2.20. The Morgan fingerprint density at radius 3 is 2.21 bits per heavy atom. The van der Waals surface area contributed by atoms with Crippen LogP contribution in [0.3, 0.4) is 0 Å². The lowest BCUT2D eigenvalue weighted by Crippen LogP contribution is -2.21. The first-order chi connectivity index (χ1) is 8.62. The third-order valence-corrected chi connectivity index (χ3v) is 1.39. The average molecular weight is 281 g/mol. The van der Waals surface area contributed by atoms with Crippen LogP contribution in [0.5, 0.6) is 0 Å². The molecule has 1 aromatic heterocycles. The number of carboxylic acid groups (broad SMARTS) is 1. The van der Waals surface area contributed by atoms with E-state index < -0.39 is 12.1 Å². The van der Waals surface area contributed by atoms with Crippen LogP contribution >= 0.6 is 0 Å². The number of carboxylic acids is 1. The number of hydrogen-bond donors (Lipinski definition) is 2. The first-order valence-corrected chi connectivity index (χ1v) is 4.62. The minimum Gasteiger partial charge on any atom is -0.475 e. The number of halogens is 3. The standard InChI is InChI=1S/C7H9N3O2.C2HF3O2/c1-5(11)12-4-6-2-10-7(8)3-9-6;3-2(4,5)1(6)7/h2-3H,4H2,1H3,(H2,8,10);(H,6,7). The summed E-state index contributed by atoms with van der Waals surface area (Å²) in [7, 11) is 0. The number of rotatable bonds is 2. The van der Waals surface area contributed by atoms with Gasteiger partial charge in [0.15, 0.2) is 0 Å². The van der Waals surface area contributed by atoms with E-state index in [2.05, 4.69) is 14.7 Å². The molecule has 0 atom stereocenters. The molecule has 1 aromatic rings. The molecule has 7 nitrogen and oxygen atoms in total. The van der Waals surface area contributed by atoms with Crippen LogP contribution in [0.15, 0.2) is 12.4 Å². The van der Waals surface area contributed by atoms with E-state index in [1.165, 1.54) is 19.3 Å². The lowest BCUT2D eigenvalue weighted by atomic mass is 10.5. The molecule has 1 rings (SSSR count). The molecule has 10 heteroatoms. The van der Waals surface area contributed by atoms with Gasteiger partial charge in [-0.05, 0) is 0 Å². The predicted molar refractivity (Wildman–Crippen MR) is 55.6 cm³/mol. The van der Waals surface area contributed by atoms with Crippen molar-refractivity contribution in [1.82, 2.24) is 9.97 Å². The lowest BCUT2D eigenvalue weighted by Gasteiger charge is -1.99. The highest BCUT2D eigenvalue weighted by Crippen LogP contribution is 2.13. The summed E-state index contributed by atoms with van der Waals surface area (Å²) in [5.74, 6) is -2.75. The van der Waals surface area contributed by atoms with E-state index in [9.17, 15) is 18.0 Å². The molecule has 0 unspecified atom stereocenters. The van der Waals surface area contributed by atoms with Gasteiger partial charge >= 0.3 is 18.1 Å². The molecule has 0 saturated heterocycles. The zero-order chi connectivity index (χ0) is 15.1. The third-order valence-electron chi connectivity index (χ3n) is 1.39. The molecular formula is C9H10F3N3O4. The van der Waals surface area contributed by atoms with E-state index in [1.807, 2.05) is 0 Å². The van der Waals surface area contributed by atoms with E-state index in [0.717, 1.165) is 0 Å². The number of nitrogen functional groups attached to an aromatic ring is 1. The Kier molecular flexibility index (Phi) is 6.24. The number of nitrogens with two attached hydrogens (primary N) is 1. The van der Waals surface area contributed by atoms with Crippen molar-refractivity contribution in [1.29, 1.82) is 0 Å². The Morgan fingerprint density at radius 2 is 1.89 bits per heavy atom. The van der Waals surface area contributed by atoms with E-state index in [-0.39, 0.29) is 12.6 Å². The average Bonchev–Trinajstić information content (AvgIpc) is 2.27. The Morgan fingerprint density at radius 1 is 1.37 bits per heavy atom. The molecule has 0 aromatic carbocycles. The second kappa shape index (κ2) is 7.13. The topological polar surface area (TPSA) is 115 Å². The van der Waals surface area contributed by atoms with Gasteiger partial charge in [0.2, 0.25) is 0 Å². The molecule has 0 radical (unpaired) electrons. The van der Waals surface area contributed by atoms with Crippen LogP contribution in [-0.4, -0.2) is 33.2 Å². The zero-order valence-electron chi connectivity index (χ0n) is 9.64. The van der Waals surface area contributed by atoms with Crippen LogP contribution in [0.25, 0.3) is 0 Å². The molecule has 0 fully saturated rings. The maximum atomic E-state index is 10.6. The van der Waals surface area contributed by atoms with Gasteiger partial charge in [0, 0.05) is 6.92 Å². The Bertz CT molecular complexity index is 433. The van der Waals surface area contributed by atoms with Crippen molar-refractivity contribution in [3.05, 3.63) is 18.1 Å². The maximum absolute atomic E-state index is 10.6. The number of carbonyl (C=O) groups excluding carboxylic acids is 1. The van der Waals surface area contributed by atoms with E-state index in [4.69, 9.17) is 15.6 Å². The number of carbonyl (C=O) groups is 2. The molecule has 0 spiro atoms. The summed E-state index contributed by atoms with van der Waals surface area (Å²) in [6.45, 7) is 1.48. The number of hydrogen-bond acceptors (Lipinski definition) is 6. The van der Waals surface area contributed by atoms with Gasteiger partial charge in [-0.1, -0.05) is 0 Å². The van der Waals surface area contributed by atoms with Crippen LogP contribution in [0, 0.1) is 0 Å². The van der Waals surface area contributed by atoms with E-state index in [0.29, 0.717) is 11.5 Å². The summed E-state index contributed by atoms with van der Waals surface area (Å²) >= 11 is 0. The molecule has 1 heterocycles. The summed E-state index contributed by atoms with van der Waals surface area (Å²) in [4.78, 5) is 27.0. The van der Waals surface area contributed by atoms with Gasteiger partial charge in [-0.25, -0.2) is 9.78 Å². The highest BCUT2D eigenvalue weighted by molar-refractivity contribution is 5.73. The van der Waals surface area contributed by atoms with Crippen LogP contribution in [-0.2, 0) is 20.9 Å². The van der Waals surface area contributed by atoms with Gasteiger partial charge in [0.25, 0.3) is 0 Å².